The minimum Gasteiger partial charge on any atom is -0.388 e. The molecule has 1 aliphatic rings. The number of piperazine rings is 1. The molecule has 0 aromatic rings. The van der Waals surface area contributed by atoms with E-state index in [1.54, 1.807) is 13.8 Å². The molecule has 18 heavy (non-hydrogen) atoms. The van der Waals surface area contributed by atoms with Gasteiger partial charge in [0.05, 0.1) is 17.9 Å². The first-order valence-corrected chi connectivity index (χ1v) is 6.37. The maximum Gasteiger partial charge on any atom is 0.237 e. The number of nitrogens with two attached hydrogens (primary N) is 1. The molecule has 1 saturated heterocycles. The molecule has 1 heterocycles. The molecule has 1 fully saturated rings. The molecular formula is C12H22N4O2. The van der Waals surface area contributed by atoms with Crippen molar-refractivity contribution in [2.75, 3.05) is 13.1 Å². The summed E-state index contributed by atoms with van der Waals surface area (Å²) in [5, 5.41) is 5.87. The Morgan fingerprint density at radius 1 is 1.56 bits per heavy atom. The summed E-state index contributed by atoms with van der Waals surface area (Å²) in [7, 11) is 0. The molecule has 0 bridgehead atoms. The molecule has 2 atom stereocenters. The van der Waals surface area contributed by atoms with Crippen LogP contribution in [0, 0.1) is 0 Å². The Kier molecular flexibility index (Phi) is 5.77. The number of Topliss-reactive ketones (excluding diaryl/α,β-unsaturated/α-hetero) is 1. The second-order valence-corrected chi connectivity index (χ2v) is 4.51. The average Bonchev–Trinajstić information content (AvgIpc) is 2.34. The highest BCUT2D eigenvalue weighted by atomic mass is 16.2. The second kappa shape index (κ2) is 7.10. The van der Waals surface area contributed by atoms with E-state index >= 15 is 0 Å². The SMILES string of the molecule is CCC(=O)C1CNC(CCCN=C(C)N)C(=O)N1. The lowest BCUT2D eigenvalue weighted by molar-refractivity contribution is -0.131. The Morgan fingerprint density at radius 3 is 2.83 bits per heavy atom. The fourth-order valence-electron chi connectivity index (χ4n) is 1.90. The highest BCUT2D eigenvalue weighted by molar-refractivity contribution is 5.92. The van der Waals surface area contributed by atoms with Crippen molar-refractivity contribution in [2.24, 2.45) is 10.7 Å². The van der Waals surface area contributed by atoms with Crippen molar-refractivity contribution in [2.45, 2.75) is 45.2 Å². The molecule has 102 valence electrons. The first-order chi connectivity index (χ1) is 8.54. The number of ketones is 1. The van der Waals surface area contributed by atoms with Gasteiger partial charge in [0.1, 0.15) is 0 Å². The maximum absolute atomic E-state index is 11.8. The van der Waals surface area contributed by atoms with Gasteiger partial charge < -0.3 is 16.4 Å². The van der Waals surface area contributed by atoms with Crippen molar-refractivity contribution in [3.05, 3.63) is 0 Å². The van der Waals surface area contributed by atoms with Gasteiger partial charge in [-0.3, -0.25) is 14.6 Å². The Bertz CT molecular complexity index is 337. The van der Waals surface area contributed by atoms with Gasteiger partial charge >= 0.3 is 0 Å². The third-order valence-corrected chi connectivity index (χ3v) is 2.95. The van der Waals surface area contributed by atoms with Gasteiger partial charge in [0, 0.05) is 19.5 Å². The molecule has 6 heteroatoms. The lowest BCUT2D eigenvalue weighted by Gasteiger charge is -2.29. The van der Waals surface area contributed by atoms with Crippen molar-refractivity contribution in [3.8, 4) is 0 Å². The summed E-state index contributed by atoms with van der Waals surface area (Å²) < 4.78 is 0. The van der Waals surface area contributed by atoms with Crippen LogP contribution in [0.1, 0.15) is 33.1 Å². The highest BCUT2D eigenvalue weighted by Crippen LogP contribution is 2.05. The molecule has 1 aliphatic heterocycles. The summed E-state index contributed by atoms with van der Waals surface area (Å²) in [5.74, 6) is 0.531. The standard InChI is InChI=1S/C12H22N4O2/c1-3-11(17)10-7-15-9(12(18)16-10)5-4-6-14-8(2)13/h9-10,15H,3-7H2,1-2H3,(H2,13,14)(H,16,18). The maximum atomic E-state index is 11.8. The highest BCUT2D eigenvalue weighted by Gasteiger charge is 2.29. The number of amides is 1. The zero-order chi connectivity index (χ0) is 13.5. The van der Waals surface area contributed by atoms with E-state index in [9.17, 15) is 9.59 Å². The van der Waals surface area contributed by atoms with Crippen molar-refractivity contribution >= 4 is 17.5 Å². The van der Waals surface area contributed by atoms with Crippen LogP contribution in [-0.2, 0) is 9.59 Å². The molecule has 2 unspecified atom stereocenters. The van der Waals surface area contributed by atoms with Gasteiger partial charge in [0.15, 0.2) is 5.78 Å². The first kappa shape index (κ1) is 14.6. The molecular weight excluding hydrogens is 232 g/mol. The van der Waals surface area contributed by atoms with E-state index in [4.69, 9.17) is 5.73 Å². The number of amidine groups is 1. The van der Waals surface area contributed by atoms with Crippen molar-refractivity contribution in [1.29, 1.82) is 0 Å². The summed E-state index contributed by atoms with van der Waals surface area (Å²) in [5.41, 5.74) is 5.42. The van der Waals surface area contributed by atoms with Crippen molar-refractivity contribution in [1.82, 2.24) is 10.6 Å². The number of carbonyl (C=O) groups excluding carboxylic acids is 2. The Hall–Kier alpha value is -1.43. The third kappa shape index (κ3) is 4.44. The van der Waals surface area contributed by atoms with Crippen LogP contribution in [0.5, 0.6) is 0 Å². The Labute approximate surface area is 107 Å². The van der Waals surface area contributed by atoms with Crippen LogP contribution in [0.4, 0.5) is 0 Å². The summed E-state index contributed by atoms with van der Waals surface area (Å²) in [6.07, 6.45) is 1.95. The van der Waals surface area contributed by atoms with Crippen LogP contribution < -0.4 is 16.4 Å². The van der Waals surface area contributed by atoms with E-state index in [1.165, 1.54) is 0 Å². The predicted octanol–water partition coefficient (Wildman–Crippen LogP) is -0.421. The molecule has 1 rings (SSSR count). The molecule has 6 nitrogen and oxygen atoms in total. The second-order valence-electron chi connectivity index (χ2n) is 4.51. The molecule has 0 aromatic carbocycles. The van der Waals surface area contributed by atoms with E-state index in [0.717, 1.165) is 6.42 Å². The monoisotopic (exact) mass is 254 g/mol. The van der Waals surface area contributed by atoms with E-state index in [0.29, 0.717) is 31.8 Å². The smallest absolute Gasteiger partial charge is 0.237 e. The quantitative estimate of drug-likeness (QED) is 0.341. The number of rotatable bonds is 6. The zero-order valence-corrected chi connectivity index (χ0v) is 11.0. The van der Waals surface area contributed by atoms with Crippen LogP contribution >= 0.6 is 0 Å². The fraction of sp³-hybridized carbons (Fsp3) is 0.750. The van der Waals surface area contributed by atoms with E-state index in [1.807, 2.05) is 0 Å². The Balaban J connectivity index is 2.32. The molecule has 0 spiro atoms. The van der Waals surface area contributed by atoms with Gasteiger partial charge in [-0.05, 0) is 19.8 Å². The van der Waals surface area contributed by atoms with Gasteiger partial charge in [-0.25, -0.2) is 0 Å². The van der Waals surface area contributed by atoms with Gasteiger partial charge in [-0.15, -0.1) is 0 Å². The lowest BCUT2D eigenvalue weighted by atomic mass is 10.0. The van der Waals surface area contributed by atoms with Crippen molar-refractivity contribution < 1.29 is 9.59 Å². The van der Waals surface area contributed by atoms with Gasteiger partial charge in [0.25, 0.3) is 0 Å². The minimum absolute atomic E-state index is 0.0673. The summed E-state index contributed by atoms with van der Waals surface area (Å²) in [6, 6.07) is -0.595. The number of hydrogen-bond donors (Lipinski definition) is 3. The van der Waals surface area contributed by atoms with Gasteiger partial charge in [-0.2, -0.15) is 0 Å². The summed E-state index contributed by atoms with van der Waals surface area (Å²) in [6.45, 7) is 4.69. The average molecular weight is 254 g/mol. The predicted molar refractivity (Wildman–Crippen MR) is 70.4 cm³/mol. The molecule has 1 amide bonds. The lowest BCUT2D eigenvalue weighted by Crippen LogP contribution is -2.60. The topological polar surface area (TPSA) is 96.6 Å². The van der Waals surface area contributed by atoms with Crippen LogP contribution in [-0.4, -0.2) is 42.7 Å². The zero-order valence-electron chi connectivity index (χ0n) is 11.0. The molecule has 0 aromatic heterocycles. The fourth-order valence-corrected chi connectivity index (χ4v) is 1.90. The van der Waals surface area contributed by atoms with E-state index in [-0.39, 0.29) is 23.8 Å². The molecule has 0 radical (unpaired) electrons. The van der Waals surface area contributed by atoms with Crippen LogP contribution in [0.3, 0.4) is 0 Å². The normalized spacial score (nSPS) is 24.8. The third-order valence-electron chi connectivity index (χ3n) is 2.95. The van der Waals surface area contributed by atoms with Crippen molar-refractivity contribution in [3.63, 3.8) is 0 Å². The van der Waals surface area contributed by atoms with Crippen LogP contribution in [0.2, 0.25) is 0 Å². The number of carbonyl (C=O) groups is 2. The molecule has 0 aliphatic carbocycles. The largest absolute Gasteiger partial charge is 0.388 e. The molecule has 4 N–H and O–H groups in total. The number of nitrogens with one attached hydrogen (secondary N) is 2. The number of nitrogens with zero attached hydrogens (tertiary/aromatic N) is 1. The van der Waals surface area contributed by atoms with Gasteiger partial charge in [0.2, 0.25) is 5.91 Å². The summed E-state index contributed by atoms with van der Waals surface area (Å²) >= 11 is 0. The van der Waals surface area contributed by atoms with E-state index < -0.39 is 0 Å². The first-order valence-electron chi connectivity index (χ1n) is 6.37. The molecule has 0 saturated carbocycles. The Morgan fingerprint density at radius 2 is 2.28 bits per heavy atom. The number of aliphatic imine (C=N–C) groups is 1. The van der Waals surface area contributed by atoms with Gasteiger partial charge in [-0.1, -0.05) is 6.92 Å². The summed E-state index contributed by atoms with van der Waals surface area (Å²) in [4.78, 5) is 27.3. The van der Waals surface area contributed by atoms with Crippen LogP contribution in [0.25, 0.3) is 0 Å². The van der Waals surface area contributed by atoms with Crippen LogP contribution in [0.15, 0.2) is 4.99 Å². The minimum atomic E-state index is -0.372. The van der Waals surface area contributed by atoms with E-state index in [2.05, 4.69) is 15.6 Å². The number of hydrogen-bond acceptors (Lipinski definition) is 4.